The first-order valence-corrected chi connectivity index (χ1v) is 12.1. The van der Waals surface area contributed by atoms with Crippen molar-refractivity contribution in [2.24, 2.45) is 5.10 Å². The molecule has 188 valence electrons. The predicted molar refractivity (Wildman–Crippen MR) is 142 cm³/mol. The maximum absolute atomic E-state index is 12.1. The molecule has 0 aliphatic heterocycles. The Morgan fingerprint density at radius 1 is 0.944 bits per heavy atom. The number of benzene rings is 3. The zero-order valence-electron chi connectivity index (χ0n) is 20.0. The second-order valence-electron chi connectivity index (χ2n) is 7.84. The van der Waals surface area contributed by atoms with Crippen LogP contribution in [-0.4, -0.2) is 31.2 Å². The molecule has 0 saturated heterocycles. The van der Waals surface area contributed by atoms with Gasteiger partial charge in [0.25, 0.3) is 5.91 Å². The van der Waals surface area contributed by atoms with Crippen LogP contribution in [0.3, 0.4) is 0 Å². The molecule has 9 heteroatoms. The summed E-state index contributed by atoms with van der Waals surface area (Å²) in [5, 5.41) is 7.29. The van der Waals surface area contributed by atoms with Crippen LogP contribution >= 0.6 is 23.2 Å². The van der Waals surface area contributed by atoms with Crippen LogP contribution in [0.25, 0.3) is 0 Å². The van der Waals surface area contributed by atoms with Crippen molar-refractivity contribution in [2.45, 2.75) is 26.9 Å². The fourth-order valence-electron chi connectivity index (χ4n) is 3.10. The predicted octanol–water partition coefficient (Wildman–Crippen LogP) is 5.55. The fourth-order valence-corrected chi connectivity index (χ4v) is 3.40. The Bertz CT molecular complexity index is 1230. The number of nitrogens with one attached hydrogen (secondary N) is 2. The molecular formula is C27H27Cl2N3O4. The first-order chi connectivity index (χ1) is 17.4. The average Bonchev–Trinajstić information content (AvgIpc) is 2.86. The van der Waals surface area contributed by atoms with E-state index >= 15 is 0 Å². The van der Waals surface area contributed by atoms with Gasteiger partial charge in [-0.2, -0.15) is 5.10 Å². The maximum atomic E-state index is 12.1. The Labute approximate surface area is 220 Å². The van der Waals surface area contributed by atoms with Gasteiger partial charge in [0, 0.05) is 18.5 Å². The number of carbonyl (C=O) groups excluding carboxylic acids is 2. The fraction of sp³-hybridized carbons (Fsp3) is 0.222. The molecule has 3 aromatic rings. The van der Waals surface area contributed by atoms with Gasteiger partial charge in [-0.25, -0.2) is 5.43 Å². The molecule has 0 spiro atoms. The first-order valence-electron chi connectivity index (χ1n) is 11.4. The summed E-state index contributed by atoms with van der Waals surface area (Å²) < 4.78 is 11.6. The Morgan fingerprint density at radius 2 is 1.72 bits per heavy atom. The molecule has 0 fully saturated rings. The van der Waals surface area contributed by atoms with Gasteiger partial charge < -0.3 is 14.8 Å². The number of nitrogens with zero attached hydrogens (tertiary/aromatic N) is 1. The smallest absolute Gasteiger partial charge is 0.251 e. The van der Waals surface area contributed by atoms with E-state index in [1.54, 1.807) is 24.3 Å². The van der Waals surface area contributed by atoms with Crippen LogP contribution in [0, 0.1) is 6.92 Å². The van der Waals surface area contributed by atoms with Gasteiger partial charge in [0.05, 0.1) is 22.9 Å². The van der Waals surface area contributed by atoms with E-state index in [0.29, 0.717) is 35.3 Å². The van der Waals surface area contributed by atoms with Crippen LogP contribution in [0.5, 0.6) is 11.5 Å². The lowest BCUT2D eigenvalue weighted by Crippen LogP contribution is -2.29. The Morgan fingerprint density at radius 3 is 2.44 bits per heavy atom. The van der Waals surface area contributed by atoms with E-state index in [2.05, 4.69) is 15.8 Å². The van der Waals surface area contributed by atoms with E-state index in [1.807, 2.05) is 44.2 Å². The number of amides is 2. The van der Waals surface area contributed by atoms with Gasteiger partial charge in [0.1, 0.15) is 6.61 Å². The average molecular weight is 528 g/mol. The molecular weight excluding hydrogens is 501 g/mol. The minimum absolute atomic E-state index is 0.0559. The van der Waals surface area contributed by atoms with Gasteiger partial charge in [-0.05, 0) is 61.4 Å². The van der Waals surface area contributed by atoms with Crippen LogP contribution in [0.15, 0.2) is 65.8 Å². The van der Waals surface area contributed by atoms with Crippen LogP contribution < -0.4 is 20.2 Å². The lowest BCUT2D eigenvalue weighted by molar-refractivity contribution is -0.120. The first kappa shape index (κ1) is 27.0. The molecule has 0 bridgehead atoms. The van der Waals surface area contributed by atoms with Crippen LogP contribution in [0.1, 0.15) is 40.4 Å². The lowest BCUT2D eigenvalue weighted by atomic mass is 10.2. The van der Waals surface area contributed by atoms with E-state index in [9.17, 15) is 9.59 Å². The van der Waals surface area contributed by atoms with E-state index < -0.39 is 0 Å². The summed E-state index contributed by atoms with van der Waals surface area (Å²) in [4.78, 5) is 24.2. The molecule has 0 saturated carbocycles. The third kappa shape index (κ3) is 8.29. The van der Waals surface area contributed by atoms with Crippen molar-refractivity contribution in [2.75, 3.05) is 13.2 Å². The molecule has 0 heterocycles. The third-order valence-corrected chi connectivity index (χ3v) is 5.74. The summed E-state index contributed by atoms with van der Waals surface area (Å²) in [6, 6.07) is 18.1. The molecule has 0 unspecified atom stereocenters. The quantitative estimate of drug-likeness (QED) is 0.252. The number of halogens is 2. The number of hydrogen-bond donors (Lipinski definition) is 2. The molecule has 36 heavy (non-hydrogen) atoms. The number of ether oxygens (including phenoxy) is 2. The Balaban J connectivity index is 1.48. The summed E-state index contributed by atoms with van der Waals surface area (Å²) in [6.45, 7) is 4.97. The van der Waals surface area contributed by atoms with Gasteiger partial charge >= 0.3 is 0 Å². The normalized spacial score (nSPS) is 10.8. The van der Waals surface area contributed by atoms with Crippen molar-refractivity contribution < 1.29 is 19.1 Å². The summed E-state index contributed by atoms with van der Waals surface area (Å²) in [5.41, 5.74) is 5.79. The Kier molecular flexibility index (Phi) is 10.2. The zero-order valence-corrected chi connectivity index (χ0v) is 21.5. The molecule has 0 atom stereocenters. The summed E-state index contributed by atoms with van der Waals surface area (Å²) in [7, 11) is 0. The molecule has 7 nitrogen and oxygen atoms in total. The van der Waals surface area contributed by atoms with E-state index in [4.69, 9.17) is 32.7 Å². The van der Waals surface area contributed by atoms with Gasteiger partial charge in [-0.15, -0.1) is 0 Å². The molecule has 2 N–H and O–H groups in total. The second-order valence-corrected chi connectivity index (χ2v) is 8.66. The van der Waals surface area contributed by atoms with E-state index in [-0.39, 0.29) is 29.8 Å². The van der Waals surface area contributed by atoms with E-state index in [0.717, 1.165) is 11.1 Å². The largest absolute Gasteiger partial charge is 0.490 e. The van der Waals surface area contributed by atoms with Crippen LogP contribution in [0.2, 0.25) is 10.0 Å². The van der Waals surface area contributed by atoms with Crippen LogP contribution in [0.4, 0.5) is 0 Å². The second kappa shape index (κ2) is 13.5. The molecule has 0 aromatic heterocycles. The summed E-state index contributed by atoms with van der Waals surface area (Å²) in [5.74, 6) is 0.517. The minimum atomic E-state index is -0.349. The monoisotopic (exact) mass is 527 g/mol. The van der Waals surface area contributed by atoms with Crippen molar-refractivity contribution in [3.05, 3.63) is 93.0 Å². The standard InChI is InChI=1S/C27H27Cl2N3O4/c1-3-35-25-14-20(8-11-24(25)36-17-19-6-4-18(2)5-7-19)16-31-32-26(33)12-13-30-27(34)21-9-10-22(28)23(29)15-21/h4-11,14-16H,3,12-13,17H2,1-2H3,(H,30,34)(H,32,33). The zero-order chi connectivity index (χ0) is 25.9. The SMILES string of the molecule is CCOc1cc(C=NNC(=O)CCNC(=O)c2ccc(Cl)c(Cl)c2)ccc1OCc1ccc(C)cc1. The topological polar surface area (TPSA) is 89.0 Å². The summed E-state index contributed by atoms with van der Waals surface area (Å²) in [6.07, 6.45) is 1.57. The maximum Gasteiger partial charge on any atom is 0.251 e. The van der Waals surface area contributed by atoms with Crippen molar-refractivity contribution in [1.82, 2.24) is 10.7 Å². The molecule has 0 aliphatic rings. The highest BCUT2D eigenvalue weighted by molar-refractivity contribution is 6.42. The molecule has 3 aromatic carbocycles. The van der Waals surface area contributed by atoms with Gasteiger partial charge in [-0.1, -0.05) is 53.0 Å². The van der Waals surface area contributed by atoms with Crippen LogP contribution in [-0.2, 0) is 11.4 Å². The molecule has 0 radical (unpaired) electrons. The third-order valence-electron chi connectivity index (χ3n) is 5.00. The molecule has 2 amide bonds. The highest BCUT2D eigenvalue weighted by Gasteiger charge is 2.09. The molecule has 3 rings (SSSR count). The van der Waals surface area contributed by atoms with Crippen molar-refractivity contribution >= 4 is 41.2 Å². The van der Waals surface area contributed by atoms with Crippen molar-refractivity contribution in [3.8, 4) is 11.5 Å². The lowest BCUT2D eigenvalue weighted by Gasteiger charge is -2.13. The number of rotatable bonds is 11. The van der Waals surface area contributed by atoms with Gasteiger partial charge in [-0.3, -0.25) is 9.59 Å². The summed E-state index contributed by atoms with van der Waals surface area (Å²) >= 11 is 11.8. The number of hydrazone groups is 1. The number of hydrogen-bond acceptors (Lipinski definition) is 5. The minimum Gasteiger partial charge on any atom is -0.490 e. The van der Waals surface area contributed by atoms with Crippen molar-refractivity contribution in [3.63, 3.8) is 0 Å². The number of carbonyl (C=O) groups is 2. The van der Waals surface area contributed by atoms with Crippen molar-refractivity contribution in [1.29, 1.82) is 0 Å². The highest BCUT2D eigenvalue weighted by Crippen LogP contribution is 2.29. The highest BCUT2D eigenvalue weighted by atomic mass is 35.5. The van der Waals surface area contributed by atoms with Gasteiger partial charge in [0.15, 0.2) is 11.5 Å². The van der Waals surface area contributed by atoms with Gasteiger partial charge in [0.2, 0.25) is 5.91 Å². The van der Waals surface area contributed by atoms with E-state index in [1.165, 1.54) is 17.8 Å². The molecule has 0 aliphatic carbocycles. The Hall–Kier alpha value is -3.55. The number of aryl methyl sites for hydroxylation is 1.